The number of piperidine rings is 1. The van der Waals surface area contributed by atoms with Crippen molar-refractivity contribution in [3.8, 4) is 11.5 Å². The topological polar surface area (TPSA) is 88.1 Å². The summed E-state index contributed by atoms with van der Waals surface area (Å²) in [5.41, 5.74) is 2.23. The van der Waals surface area contributed by atoms with Gasteiger partial charge in [-0.25, -0.2) is 4.79 Å². The number of aliphatic hydroxyl groups is 1. The van der Waals surface area contributed by atoms with Crippen LogP contribution in [0.3, 0.4) is 0 Å². The zero-order valence-corrected chi connectivity index (χ0v) is 27.7. The first-order valence-electron chi connectivity index (χ1n) is 17.1. The summed E-state index contributed by atoms with van der Waals surface area (Å²) in [6.07, 6.45) is 7.21. The molecular formula is C38H48N2O5. The number of amides is 1. The van der Waals surface area contributed by atoms with Crippen LogP contribution in [-0.4, -0.2) is 52.7 Å². The predicted molar refractivity (Wildman–Crippen MR) is 173 cm³/mol. The Kier molecular flexibility index (Phi) is 6.13. The molecule has 4 bridgehead atoms. The second kappa shape index (κ2) is 9.34. The molecule has 45 heavy (non-hydrogen) atoms. The molecule has 2 aromatic carbocycles. The molecule has 2 aliphatic heterocycles. The molecule has 1 saturated heterocycles. The Morgan fingerprint density at radius 3 is 2.47 bits per heavy atom. The van der Waals surface area contributed by atoms with Crippen LogP contribution in [0.4, 0.5) is 10.5 Å². The summed E-state index contributed by atoms with van der Waals surface area (Å²) in [7, 11) is 0. The fraction of sp³-hybridized carbons (Fsp3) is 0.632. The Morgan fingerprint density at radius 1 is 1.07 bits per heavy atom. The molecule has 7 nitrogen and oxygen atoms in total. The number of ether oxygens (including phenoxy) is 2. The molecule has 2 heterocycles. The van der Waals surface area contributed by atoms with Gasteiger partial charge in [-0.3, -0.25) is 15.0 Å². The van der Waals surface area contributed by atoms with Gasteiger partial charge in [-0.15, -0.1) is 0 Å². The molecule has 240 valence electrons. The van der Waals surface area contributed by atoms with E-state index in [0.717, 1.165) is 50.3 Å². The number of hydrogen-bond donors (Lipinski definition) is 2. The molecule has 2 N–H and O–H groups in total. The Hall–Kier alpha value is -2.90. The molecule has 1 amide bonds. The normalized spacial score (nSPS) is 35.7. The van der Waals surface area contributed by atoms with Crippen molar-refractivity contribution in [3.05, 3.63) is 53.1 Å². The number of fused-ring (bicyclic) bond motifs is 2. The lowest BCUT2D eigenvalue weighted by Gasteiger charge is -2.75. The number of anilines is 1. The Morgan fingerprint density at radius 2 is 1.80 bits per heavy atom. The summed E-state index contributed by atoms with van der Waals surface area (Å²) in [5, 5.41) is 15.2. The van der Waals surface area contributed by atoms with E-state index in [9.17, 15) is 14.7 Å². The fourth-order valence-electron chi connectivity index (χ4n) is 10.8. The van der Waals surface area contributed by atoms with Crippen LogP contribution in [0, 0.1) is 28.1 Å². The van der Waals surface area contributed by atoms with Crippen molar-refractivity contribution < 1.29 is 24.2 Å². The van der Waals surface area contributed by atoms with Crippen LogP contribution in [0.2, 0.25) is 0 Å². The molecule has 5 fully saturated rings. The second-order valence-electron chi connectivity index (χ2n) is 16.8. The van der Waals surface area contributed by atoms with Crippen molar-refractivity contribution in [2.24, 2.45) is 28.1 Å². The van der Waals surface area contributed by atoms with Gasteiger partial charge in [0.15, 0.2) is 17.3 Å². The third kappa shape index (κ3) is 3.89. The quantitative estimate of drug-likeness (QED) is 0.337. The van der Waals surface area contributed by atoms with E-state index >= 15 is 0 Å². The lowest BCUT2D eigenvalue weighted by Crippen LogP contribution is -2.80. The number of likely N-dealkylation sites (tertiary alicyclic amines) is 1. The van der Waals surface area contributed by atoms with Gasteiger partial charge >= 0.3 is 6.09 Å². The number of nitrogens with one attached hydrogen (secondary N) is 1. The Labute approximate surface area is 267 Å². The minimum absolute atomic E-state index is 0.0000632. The molecule has 5 aliphatic carbocycles. The molecular weight excluding hydrogens is 564 g/mol. The number of ketones is 1. The third-order valence-corrected chi connectivity index (χ3v) is 13.7. The highest BCUT2D eigenvalue weighted by Crippen LogP contribution is 2.79. The molecule has 7 heteroatoms. The summed E-state index contributed by atoms with van der Waals surface area (Å²) >= 11 is 0. The number of Topliss-reactive ketones (excluding diaryl/α,β-unsaturated/α-hetero) is 1. The van der Waals surface area contributed by atoms with Crippen molar-refractivity contribution >= 4 is 17.6 Å². The van der Waals surface area contributed by atoms with Crippen LogP contribution in [0.1, 0.15) is 102 Å². The van der Waals surface area contributed by atoms with Crippen LogP contribution in [0.25, 0.3) is 0 Å². The zero-order valence-electron chi connectivity index (χ0n) is 27.7. The highest BCUT2D eigenvalue weighted by atomic mass is 16.6. The number of hydrogen-bond acceptors (Lipinski definition) is 6. The molecule has 0 radical (unpaired) electrons. The molecule has 9 rings (SSSR count). The van der Waals surface area contributed by atoms with Gasteiger partial charge in [0.25, 0.3) is 0 Å². The number of carbonyl (C=O) groups is 2. The summed E-state index contributed by atoms with van der Waals surface area (Å²) in [4.78, 5) is 27.8. The SMILES string of the molecule is CC(=O)c1ccc(NC(=O)Oc2ccc3c4c2O[C@H]2[C@]5(C)CC[C@@]6(C[C@@H]5[C@@](C)(O)C(C)(C)C)[C@@H](C3)N(CC3CC3)CC[C@]426)cc1. The van der Waals surface area contributed by atoms with Crippen molar-refractivity contribution in [1.29, 1.82) is 0 Å². The Balaban J connectivity index is 1.20. The largest absolute Gasteiger partial charge is 0.485 e. The van der Waals surface area contributed by atoms with Gasteiger partial charge in [0, 0.05) is 45.6 Å². The second-order valence-corrected chi connectivity index (χ2v) is 16.8. The van der Waals surface area contributed by atoms with E-state index in [-0.39, 0.29) is 39.5 Å². The van der Waals surface area contributed by atoms with E-state index < -0.39 is 11.7 Å². The van der Waals surface area contributed by atoms with E-state index in [4.69, 9.17) is 9.47 Å². The molecule has 7 atom stereocenters. The maximum atomic E-state index is 13.2. The monoisotopic (exact) mass is 612 g/mol. The lowest BCUT2D eigenvalue weighted by molar-refractivity contribution is -0.276. The molecule has 0 unspecified atom stereocenters. The van der Waals surface area contributed by atoms with Gasteiger partial charge in [0.2, 0.25) is 0 Å². The smallest absolute Gasteiger partial charge is 0.417 e. The number of benzene rings is 2. The van der Waals surface area contributed by atoms with Crippen LogP contribution < -0.4 is 14.8 Å². The maximum absolute atomic E-state index is 13.2. The van der Waals surface area contributed by atoms with Crippen LogP contribution >= 0.6 is 0 Å². The summed E-state index contributed by atoms with van der Waals surface area (Å²) in [5.74, 6) is 2.09. The van der Waals surface area contributed by atoms with E-state index in [0.29, 0.717) is 23.0 Å². The minimum atomic E-state index is -0.873. The van der Waals surface area contributed by atoms with E-state index in [1.165, 1.54) is 37.4 Å². The van der Waals surface area contributed by atoms with Crippen LogP contribution in [0.5, 0.6) is 11.5 Å². The molecule has 4 saturated carbocycles. The first-order valence-corrected chi connectivity index (χ1v) is 17.1. The first-order chi connectivity index (χ1) is 21.2. The highest BCUT2D eigenvalue weighted by Gasteiger charge is 2.80. The van der Waals surface area contributed by atoms with Gasteiger partial charge in [-0.1, -0.05) is 33.8 Å². The minimum Gasteiger partial charge on any atom is -0.485 e. The van der Waals surface area contributed by atoms with E-state index in [2.05, 4.69) is 50.9 Å². The van der Waals surface area contributed by atoms with Gasteiger partial charge < -0.3 is 14.6 Å². The number of carbonyl (C=O) groups excluding carboxylic acids is 2. The van der Waals surface area contributed by atoms with Crippen LogP contribution in [0.15, 0.2) is 36.4 Å². The lowest BCUT2D eigenvalue weighted by atomic mass is 9.31. The van der Waals surface area contributed by atoms with E-state index in [1.807, 2.05) is 6.07 Å². The molecule has 0 aromatic heterocycles. The van der Waals surface area contributed by atoms with Crippen molar-refractivity contribution in [3.63, 3.8) is 0 Å². The molecule has 2 aromatic rings. The molecule has 7 aliphatic rings. The summed E-state index contributed by atoms with van der Waals surface area (Å²) < 4.78 is 13.3. The van der Waals surface area contributed by atoms with Crippen molar-refractivity contribution in [2.45, 2.75) is 110 Å². The van der Waals surface area contributed by atoms with Gasteiger partial charge in [0.05, 0.1) is 5.60 Å². The number of nitrogens with zero attached hydrogens (tertiary/aromatic N) is 1. The van der Waals surface area contributed by atoms with Crippen molar-refractivity contribution in [1.82, 2.24) is 4.90 Å². The average molecular weight is 613 g/mol. The van der Waals surface area contributed by atoms with E-state index in [1.54, 1.807) is 24.3 Å². The standard InChI is InChI=1S/C38H48N2O5/c1-22(41)24-9-12-26(13-10-24)39-33(42)44-27-14-11-25-19-29-37-16-15-35(5,28(20-37)36(6,43)34(2,3)4)32-38(37,30(25)31(27)45-32)17-18-40(29)21-23-7-8-23/h9-14,23,28-29,32,43H,7-8,15-21H2,1-6H3,(H,39,42)/t28-,29+,32-,35+,36+,37+,38-/m0/s1. The van der Waals surface area contributed by atoms with Crippen molar-refractivity contribution in [2.75, 3.05) is 18.4 Å². The highest BCUT2D eigenvalue weighted by molar-refractivity contribution is 5.95. The average Bonchev–Trinajstić information content (AvgIpc) is 3.72. The maximum Gasteiger partial charge on any atom is 0.417 e. The van der Waals surface area contributed by atoms with Gasteiger partial charge in [0.1, 0.15) is 6.10 Å². The zero-order chi connectivity index (χ0) is 31.7. The summed E-state index contributed by atoms with van der Waals surface area (Å²) in [6.45, 7) is 14.7. The van der Waals surface area contributed by atoms with Crippen LogP contribution in [-0.2, 0) is 11.8 Å². The Bertz CT molecular complexity index is 1590. The van der Waals surface area contributed by atoms with Gasteiger partial charge in [-0.05, 0) is 118 Å². The molecule has 2 spiro atoms. The summed E-state index contributed by atoms with van der Waals surface area (Å²) in [6, 6.07) is 11.4. The number of rotatable bonds is 6. The van der Waals surface area contributed by atoms with Gasteiger partial charge in [-0.2, -0.15) is 0 Å². The predicted octanol–water partition coefficient (Wildman–Crippen LogP) is 7.14. The first kappa shape index (κ1) is 29.5. The third-order valence-electron chi connectivity index (χ3n) is 13.7. The fourth-order valence-corrected chi connectivity index (χ4v) is 10.8.